The Morgan fingerprint density at radius 1 is 1.11 bits per heavy atom. The van der Waals surface area contributed by atoms with E-state index in [0.717, 1.165) is 42.5 Å². The van der Waals surface area contributed by atoms with Crippen molar-refractivity contribution in [1.82, 2.24) is 14.9 Å². The monoisotopic (exact) mass is 368 g/mol. The quantitative estimate of drug-likeness (QED) is 0.803. The maximum Gasteiger partial charge on any atom is 0.410 e. The van der Waals surface area contributed by atoms with Gasteiger partial charge in [0.1, 0.15) is 11.9 Å². The van der Waals surface area contributed by atoms with E-state index in [2.05, 4.69) is 33.1 Å². The van der Waals surface area contributed by atoms with E-state index in [9.17, 15) is 4.79 Å². The van der Waals surface area contributed by atoms with E-state index in [4.69, 9.17) is 4.74 Å². The molecule has 0 saturated carbocycles. The van der Waals surface area contributed by atoms with Gasteiger partial charge in [0.05, 0.1) is 11.2 Å². The molecule has 1 aromatic heterocycles. The molecule has 0 atom stereocenters. The largest absolute Gasteiger partial charge is 0.444 e. The molecule has 27 heavy (non-hydrogen) atoms. The number of nitrogens with zero attached hydrogens (tertiary/aromatic N) is 4. The predicted octanol–water partition coefficient (Wildman–Crippen LogP) is 3.95. The van der Waals surface area contributed by atoms with Crippen molar-refractivity contribution in [3.8, 4) is 0 Å². The Kier molecular flexibility index (Phi) is 4.66. The molecule has 2 aromatic rings. The van der Waals surface area contributed by atoms with E-state index in [1.165, 1.54) is 12.1 Å². The van der Waals surface area contributed by atoms with E-state index < -0.39 is 5.60 Å². The highest BCUT2D eigenvalue weighted by atomic mass is 16.6. The summed E-state index contributed by atoms with van der Waals surface area (Å²) in [6.07, 6.45) is 4.53. The summed E-state index contributed by atoms with van der Waals surface area (Å²) >= 11 is 0. The van der Waals surface area contributed by atoms with Crippen LogP contribution in [0.1, 0.15) is 51.6 Å². The van der Waals surface area contributed by atoms with Crippen molar-refractivity contribution >= 4 is 22.7 Å². The summed E-state index contributed by atoms with van der Waals surface area (Å²) < 4.78 is 5.50. The molecule has 1 aromatic carbocycles. The highest BCUT2D eigenvalue weighted by Crippen LogP contribution is 2.33. The fraction of sp³-hybridized carbons (Fsp3) is 0.571. The number of likely N-dealkylation sites (tertiary alicyclic amines) is 1. The number of carbonyl (C=O) groups excluding carboxylic acids is 1. The normalized spacial score (nSPS) is 18.5. The lowest BCUT2D eigenvalue weighted by Gasteiger charge is -2.34. The molecule has 0 unspecified atom stereocenters. The number of hydrogen-bond acceptors (Lipinski definition) is 5. The van der Waals surface area contributed by atoms with E-state index in [1.807, 2.05) is 25.7 Å². The van der Waals surface area contributed by atoms with Crippen molar-refractivity contribution in [2.75, 3.05) is 31.1 Å². The number of aromatic nitrogens is 2. The Hall–Kier alpha value is -2.37. The summed E-state index contributed by atoms with van der Waals surface area (Å²) in [6, 6.07) is 6.53. The minimum absolute atomic E-state index is 0.215. The Morgan fingerprint density at radius 2 is 1.85 bits per heavy atom. The van der Waals surface area contributed by atoms with Gasteiger partial charge in [0, 0.05) is 43.2 Å². The third-order valence-electron chi connectivity index (χ3n) is 5.41. The number of carbonyl (C=O) groups is 1. The standard InChI is InChI=1S/C21H28N4O2/c1-21(2,3)27-20(26)25-11-7-15(8-12-25)19-17-6-5-16(24-9-4-10-24)13-18(17)22-14-23-19/h5-6,13-15H,4,7-12H2,1-3H3. The average molecular weight is 368 g/mol. The molecule has 0 N–H and O–H groups in total. The first-order valence-electron chi connectivity index (χ1n) is 9.88. The minimum atomic E-state index is -0.453. The van der Waals surface area contributed by atoms with Crippen LogP contribution in [-0.4, -0.2) is 52.7 Å². The molecule has 2 aliphatic rings. The lowest BCUT2D eigenvalue weighted by molar-refractivity contribution is 0.0204. The molecule has 1 amide bonds. The number of anilines is 1. The van der Waals surface area contributed by atoms with Crippen LogP contribution in [0.2, 0.25) is 0 Å². The number of amides is 1. The molecule has 6 heteroatoms. The second-order valence-electron chi connectivity index (χ2n) is 8.54. The smallest absolute Gasteiger partial charge is 0.410 e. The topological polar surface area (TPSA) is 58.6 Å². The molecular formula is C21H28N4O2. The van der Waals surface area contributed by atoms with Gasteiger partial charge in [-0.05, 0) is 58.2 Å². The third kappa shape index (κ3) is 3.84. The van der Waals surface area contributed by atoms with Crippen molar-refractivity contribution < 1.29 is 9.53 Å². The molecule has 2 saturated heterocycles. The molecule has 0 radical (unpaired) electrons. The van der Waals surface area contributed by atoms with E-state index in [0.29, 0.717) is 19.0 Å². The maximum absolute atomic E-state index is 12.3. The summed E-state index contributed by atoms with van der Waals surface area (Å²) in [5.74, 6) is 0.351. The molecule has 0 spiro atoms. The van der Waals surface area contributed by atoms with Crippen LogP contribution in [0.25, 0.3) is 10.9 Å². The Bertz CT molecular complexity index is 834. The van der Waals surface area contributed by atoms with Crippen LogP contribution in [0.3, 0.4) is 0 Å². The zero-order valence-electron chi connectivity index (χ0n) is 16.4. The van der Waals surface area contributed by atoms with Crippen LogP contribution < -0.4 is 4.90 Å². The summed E-state index contributed by atoms with van der Waals surface area (Å²) in [6.45, 7) is 9.38. The van der Waals surface area contributed by atoms with Gasteiger partial charge >= 0.3 is 6.09 Å². The molecule has 0 aliphatic carbocycles. The zero-order valence-corrected chi connectivity index (χ0v) is 16.4. The Balaban J connectivity index is 1.48. The van der Waals surface area contributed by atoms with Crippen molar-refractivity contribution in [2.45, 2.75) is 51.6 Å². The van der Waals surface area contributed by atoms with E-state index in [-0.39, 0.29) is 6.09 Å². The van der Waals surface area contributed by atoms with Crippen molar-refractivity contribution in [1.29, 1.82) is 0 Å². The number of rotatable bonds is 2. The van der Waals surface area contributed by atoms with Crippen LogP contribution in [0, 0.1) is 0 Å². The van der Waals surface area contributed by atoms with Gasteiger partial charge in [0.25, 0.3) is 0 Å². The molecule has 0 bridgehead atoms. The second-order valence-corrected chi connectivity index (χ2v) is 8.54. The highest BCUT2D eigenvalue weighted by molar-refractivity contribution is 5.84. The third-order valence-corrected chi connectivity index (χ3v) is 5.41. The predicted molar refractivity (Wildman–Crippen MR) is 106 cm³/mol. The van der Waals surface area contributed by atoms with Crippen molar-refractivity contribution in [2.24, 2.45) is 0 Å². The maximum atomic E-state index is 12.3. The highest BCUT2D eigenvalue weighted by Gasteiger charge is 2.29. The summed E-state index contributed by atoms with van der Waals surface area (Å²) in [5.41, 5.74) is 2.92. The Morgan fingerprint density at radius 3 is 2.48 bits per heavy atom. The van der Waals surface area contributed by atoms with Gasteiger partial charge in [0.2, 0.25) is 0 Å². The van der Waals surface area contributed by atoms with Gasteiger partial charge in [-0.2, -0.15) is 0 Å². The van der Waals surface area contributed by atoms with Gasteiger partial charge in [-0.3, -0.25) is 0 Å². The van der Waals surface area contributed by atoms with Gasteiger partial charge in [-0.1, -0.05) is 0 Å². The van der Waals surface area contributed by atoms with Crippen molar-refractivity contribution in [3.05, 3.63) is 30.2 Å². The first kappa shape index (κ1) is 18.0. The lowest BCUT2D eigenvalue weighted by atomic mass is 9.91. The summed E-state index contributed by atoms with van der Waals surface area (Å²) in [4.78, 5) is 25.6. The molecular weight excluding hydrogens is 340 g/mol. The molecule has 2 fully saturated rings. The second kappa shape index (κ2) is 6.98. The molecule has 3 heterocycles. The van der Waals surface area contributed by atoms with Crippen LogP contribution in [0.15, 0.2) is 24.5 Å². The fourth-order valence-electron chi connectivity index (χ4n) is 3.82. The van der Waals surface area contributed by atoms with Crippen LogP contribution in [0.4, 0.5) is 10.5 Å². The number of hydrogen-bond donors (Lipinski definition) is 0. The summed E-state index contributed by atoms with van der Waals surface area (Å²) in [7, 11) is 0. The summed E-state index contributed by atoms with van der Waals surface area (Å²) in [5, 5.41) is 1.14. The first-order chi connectivity index (χ1) is 12.9. The van der Waals surface area contributed by atoms with E-state index >= 15 is 0 Å². The SMILES string of the molecule is CC(C)(C)OC(=O)N1CCC(c2ncnc3cc(N4CCC4)ccc23)CC1. The van der Waals surface area contributed by atoms with Gasteiger partial charge in [-0.15, -0.1) is 0 Å². The number of benzene rings is 1. The Labute approximate surface area is 160 Å². The lowest BCUT2D eigenvalue weighted by Crippen LogP contribution is -2.41. The fourth-order valence-corrected chi connectivity index (χ4v) is 3.82. The number of fused-ring (bicyclic) bond motifs is 1. The zero-order chi connectivity index (χ0) is 19.0. The van der Waals surface area contributed by atoms with Crippen molar-refractivity contribution in [3.63, 3.8) is 0 Å². The molecule has 6 nitrogen and oxygen atoms in total. The number of piperidine rings is 1. The molecule has 144 valence electrons. The average Bonchev–Trinajstić information content (AvgIpc) is 2.58. The van der Waals surface area contributed by atoms with E-state index in [1.54, 1.807) is 6.33 Å². The van der Waals surface area contributed by atoms with Gasteiger partial charge < -0.3 is 14.5 Å². The van der Waals surface area contributed by atoms with Gasteiger partial charge in [-0.25, -0.2) is 14.8 Å². The first-order valence-corrected chi connectivity index (χ1v) is 9.88. The molecule has 4 rings (SSSR count). The van der Waals surface area contributed by atoms with Crippen LogP contribution in [-0.2, 0) is 4.74 Å². The number of ether oxygens (including phenoxy) is 1. The molecule has 2 aliphatic heterocycles. The van der Waals surface area contributed by atoms with Gasteiger partial charge in [0.15, 0.2) is 0 Å². The minimum Gasteiger partial charge on any atom is -0.444 e. The van der Waals surface area contributed by atoms with Crippen LogP contribution in [0.5, 0.6) is 0 Å². The van der Waals surface area contributed by atoms with Crippen LogP contribution >= 0.6 is 0 Å².